The summed E-state index contributed by atoms with van der Waals surface area (Å²) in [6.07, 6.45) is 0. The van der Waals surface area contributed by atoms with E-state index in [1.54, 1.807) is 0 Å². The third-order valence-electron chi connectivity index (χ3n) is 2.17. The summed E-state index contributed by atoms with van der Waals surface area (Å²) in [4.78, 5) is 11.5. The van der Waals surface area contributed by atoms with Gasteiger partial charge in [-0.25, -0.2) is 4.79 Å². The summed E-state index contributed by atoms with van der Waals surface area (Å²) in [5.74, 6) is 0.324. The van der Waals surface area contributed by atoms with Gasteiger partial charge in [0.1, 0.15) is 5.02 Å². The molecule has 17 heavy (non-hydrogen) atoms. The summed E-state index contributed by atoms with van der Waals surface area (Å²) in [5.41, 5.74) is 0.156. The van der Waals surface area contributed by atoms with Crippen LogP contribution in [-0.2, 0) is 4.74 Å². The molecule has 0 spiro atoms. The lowest BCUT2D eigenvalue weighted by atomic mass is 10.2. The quantitative estimate of drug-likeness (QED) is 0.777. The fourth-order valence-electron chi connectivity index (χ4n) is 1.38. The largest absolute Gasteiger partial charge is 0.493 e. The first-order valence-corrected chi connectivity index (χ1v) is 5.05. The van der Waals surface area contributed by atoms with Gasteiger partial charge >= 0.3 is 5.97 Å². The first-order chi connectivity index (χ1) is 8.10. The Hall–Kier alpha value is -1.62. The molecular weight excluding hydrogens is 248 g/mol. The molecule has 6 heteroatoms. The maximum atomic E-state index is 11.5. The number of hydrogen-bond donors (Lipinski definition) is 0. The van der Waals surface area contributed by atoms with Crippen molar-refractivity contribution in [2.45, 2.75) is 0 Å². The van der Waals surface area contributed by atoms with Gasteiger partial charge in [-0.2, -0.15) is 0 Å². The van der Waals surface area contributed by atoms with Crippen molar-refractivity contribution in [2.75, 3.05) is 28.4 Å². The molecule has 1 rings (SSSR count). The van der Waals surface area contributed by atoms with E-state index in [1.807, 2.05) is 0 Å². The van der Waals surface area contributed by atoms with Gasteiger partial charge in [0.15, 0.2) is 11.5 Å². The average Bonchev–Trinajstić information content (AvgIpc) is 2.36. The highest BCUT2D eigenvalue weighted by atomic mass is 35.5. The number of benzene rings is 1. The van der Waals surface area contributed by atoms with Crippen molar-refractivity contribution in [1.82, 2.24) is 0 Å². The number of hydrogen-bond acceptors (Lipinski definition) is 5. The Balaban J connectivity index is 3.50. The first-order valence-electron chi connectivity index (χ1n) is 4.67. The lowest BCUT2D eigenvalue weighted by Crippen LogP contribution is -2.05. The van der Waals surface area contributed by atoms with Crippen LogP contribution in [0.25, 0.3) is 0 Å². The average molecular weight is 261 g/mol. The highest BCUT2D eigenvalue weighted by Gasteiger charge is 2.23. The fraction of sp³-hybridized carbons (Fsp3) is 0.364. The molecule has 0 heterocycles. The van der Waals surface area contributed by atoms with Crippen LogP contribution >= 0.6 is 11.6 Å². The van der Waals surface area contributed by atoms with Crippen molar-refractivity contribution in [3.63, 3.8) is 0 Å². The summed E-state index contributed by atoms with van der Waals surface area (Å²) in [6.45, 7) is 0. The lowest BCUT2D eigenvalue weighted by molar-refractivity contribution is 0.0600. The Morgan fingerprint density at radius 1 is 1.06 bits per heavy atom. The summed E-state index contributed by atoms with van der Waals surface area (Å²) < 4.78 is 19.9. The summed E-state index contributed by atoms with van der Waals surface area (Å²) >= 11 is 6.03. The fourth-order valence-corrected chi connectivity index (χ4v) is 1.67. The summed E-state index contributed by atoms with van der Waals surface area (Å²) in [5, 5.41) is 0.122. The van der Waals surface area contributed by atoms with E-state index in [-0.39, 0.29) is 16.3 Å². The molecule has 0 aliphatic rings. The van der Waals surface area contributed by atoms with E-state index in [9.17, 15) is 4.79 Å². The predicted octanol–water partition coefficient (Wildman–Crippen LogP) is 2.15. The predicted molar refractivity (Wildman–Crippen MR) is 62.4 cm³/mol. The van der Waals surface area contributed by atoms with E-state index in [4.69, 9.17) is 25.8 Å². The maximum absolute atomic E-state index is 11.5. The molecule has 0 saturated heterocycles. The second kappa shape index (κ2) is 5.63. The van der Waals surface area contributed by atoms with Crippen LogP contribution in [0.5, 0.6) is 17.2 Å². The van der Waals surface area contributed by atoms with Crippen molar-refractivity contribution >= 4 is 17.6 Å². The first kappa shape index (κ1) is 13.4. The minimum atomic E-state index is -0.575. The zero-order valence-corrected chi connectivity index (χ0v) is 10.8. The third kappa shape index (κ3) is 2.39. The van der Waals surface area contributed by atoms with Gasteiger partial charge in [0.25, 0.3) is 0 Å². The Kier molecular flexibility index (Phi) is 4.45. The molecule has 0 saturated carbocycles. The molecule has 0 fully saturated rings. The molecule has 94 valence electrons. The SMILES string of the molecule is COC(=O)c1cc(OC)c(OC)c(OC)c1Cl. The molecule has 0 amide bonds. The second-order valence-corrected chi connectivity index (χ2v) is 3.38. The molecule has 0 unspecified atom stereocenters. The van der Waals surface area contributed by atoms with E-state index in [0.717, 1.165) is 0 Å². The maximum Gasteiger partial charge on any atom is 0.339 e. The molecule has 0 aromatic heterocycles. The van der Waals surface area contributed by atoms with Gasteiger partial charge in [0.05, 0.1) is 34.0 Å². The van der Waals surface area contributed by atoms with Crippen LogP contribution in [0.2, 0.25) is 5.02 Å². The van der Waals surface area contributed by atoms with Crippen LogP contribution < -0.4 is 14.2 Å². The second-order valence-electron chi connectivity index (χ2n) is 3.00. The van der Waals surface area contributed by atoms with Gasteiger partial charge < -0.3 is 18.9 Å². The van der Waals surface area contributed by atoms with Gasteiger partial charge in [-0.1, -0.05) is 11.6 Å². The third-order valence-corrected chi connectivity index (χ3v) is 2.55. The highest BCUT2D eigenvalue weighted by molar-refractivity contribution is 6.35. The zero-order chi connectivity index (χ0) is 13.0. The van der Waals surface area contributed by atoms with Crippen molar-refractivity contribution in [1.29, 1.82) is 0 Å². The molecule has 1 aromatic carbocycles. The van der Waals surface area contributed by atoms with Crippen LogP contribution in [0, 0.1) is 0 Å². The monoisotopic (exact) mass is 260 g/mol. The van der Waals surface area contributed by atoms with Gasteiger partial charge in [-0.15, -0.1) is 0 Å². The number of ether oxygens (including phenoxy) is 4. The molecular formula is C11H13ClO5. The summed E-state index contributed by atoms with van der Waals surface area (Å²) in [7, 11) is 5.59. The van der Waals surface area contributed by atoms with Crippen LogP contribution in [0.15, 0.2) is 6.07 Å². The topological polar surface area (TPSA) is 54.0 Å². The van der Waals surface area contributed by atoms with E-state index < -0.39 is 5.97 Å². The van der Waals surface area contributed by atoms with Gasteiger partial charge in [0, 0.05) is 6.07 Å². The highest BCUT2D eigenvalue weighted by Crippen LogP contribution is 2.44. The zero-order valence-electron chi connectivity index (χ0n) is 10.00. The number of methoxy groups -OCH3 is 4. The van der Waals surface area contributed by atoms with Crippen molar-refractivity contribution in [3.8, 4) is 17.2 Å². The molecule has 0 aliphatic heterocycles. The minimum Gasteiger partial charge on any atom is -0.493 e. The number of carbonyl (C=O) groups excluding carboxylic acids is 1. The molecule has 0 radical (unpaired) electrons. The number of carbonyl (C=O) groups is 1. The lowest BCUT2D eigenvalue weighted by Gasteiger charge is -2.15. The molecule has 0 aliphatic carbocycles. The molecule has 0 atom stereocenters. The number of esters is 1. The normalized spacial score (nSPS) is 9.71. The summed E-state index contributed by atoms with van der Waals surface area (Å²) in [6, 6.07) is 1.44. The van der Waals surface area contributed by atoms with E-state index >= 15 is 0 Å². The minimum absolute atomic E-state index is 0.122. The van der Waals surface area contributed by atoms with Gasteiger partial charge in [-0.3, -0.25) is 0 Å². The number of halogens is 1. The van der Waals surface area contributed by atoms with E-state index in [2.05, 4.69) is 4.74 Å². The standard InChI is InChI=1S/C11H13ClO5/c1-14-7-5-6(11(13)17-4)8(12)10(16-3)9(7)15-2/h5H,1-4H3. The van der Waals surface area contributed by atoms with E-state index in [1.165, 1.54) is 34.5 Å². The van der Waals surface area contributed by atoms with Crippen molar-refractivity contribution in [3.05, 3.63) is 16.7 Å². The van der Waals surface area contributed by atoms with Gasteiger partial charge in [0.2, 0.25) is 5.75 Å². The Bertz CT molecular complexity index is 430. The molecule has 0 N–H and O–H groups in total. The van der Waals surface area contributed by atoms with Crippen LogP contribution in [0.4, 0.5) is 0 Å². The van der Waals surface area contributed by atoms with E-state index in [0.29, 0.717) is 11.5 Å². The Morgan fingerprint density at radius 3 is 2.06 bits per heavy atom. The number of rotatable bonds is 4. The molecule has 1 aromatic rings. The van der Waals surface area contributed by atoms with Crippen LogP contribution in [0.1, 0.15) is 10.4 Å². The van der Waals surface area contributed by atoms with Gasteiger partial charge in [-0.05, 0) is 0 Å². The smallest absolute Gasteiger partial charge is 0.339 e. The Labute approximate surface area is 104 Å². The van der Waals surface area contributed by atoms with Crippen molar-refractivity contribution in [2.24, 2.45) is 0 Å². The Morgan fingerprint density at radius 2 is 1.65 bits per heavy atom. The van der Waals surface area contributed by atoms with Crippen molar-refractivity contribution < 1.29 is 23.7 Å². The molecule has 0 bridgehead atoms. The van der Waals surface area contributed by atoms with Crippen LogP contribution in [0.3, 0.4) is 0 Å². The van der Waals surface area contributed by atoms with Crippen LogP contribution in [-0.4, -0.2) is 34.4 Å². The molecule has 5 nitrogen and oxygen atoms in total.